The number of anilines is 1. The minimum absolute atomic E-state index is 0.0363. The first-order valence-electron chi connectivity index (χ1n) is 7.53. The van der Waals surface area contributed by atoms with Crippen LogP contribution < -0.4 is 4.72 Å². The van der Waals surface area contributed by atoms with Gasteiger partial charge in [-0.2, -0.15) is 0 Å². The van der Waals surface area contributed by atoms with Gasteiger partial charge in [0.2, 0.25) is 0 Å². The van der Waals surface area contributed by atoms with Crippen molar-refractivity contribution in [3.05, 3.63) is 45.3 Å². The zero-order valence-electron chi connectivity index (χ0n) is 15.0. The number of ether oxygens (including phenoxy) is 2. The number of methoxy groups -OCH3 is 2. The molecule has 1 heterocycles. The van der Waals surface area contributed by atoms with Gasteiger partial charge in [-0.15, -0.1) is 11.3 Å². The molecule has 2 rings (SSSR count). The lowest BCUT2D eigenvalue weighted by molar-refractivity contribution is 0.0596. The van der Waals surface area contributed by atoms with Crippen molar-refractivity contribution >= 4 is 39.0 Å². The third-order valence-corrected chi connectivity index (χ3v) is 7.12. The Bertz CT molecular complexity index is 975. The molecule has 1 aromatic heterocycles. The number of hydrogen-bond donors (Lipinski definition) is 1. The van der Waals surface area contributed by atoms with E-state index in [2.05, 4.69) is 9.46 Å². The molecule has 0 saturated carbocycles. The topological polar surface area (TPSA) is 98.8 Å². The summed E-state index contributed by atoms with van der Waals surface area (Å²) in [5, 5.41) is 0. The smallest absolute Gasteiger partial charge is 0.348 e. The van der Waals surface area contributed by atoms with Crippen molar-refractivity contribution in [2.45, 2.75) is 25.0 Å². The lowest BCUT2D eigenvalue weighted by Crippen LogP contribution is -2.16. The van der Waals surface area contributed by atoms with Crippen LogP contribution in [0.2, 0.25) is 0 Å². The molecule has 0 saturated heterocycles. The van der Waals surface area contributed by atoms with Crippen molar-refractivity contribution in [1.29, 1.82) is 0 Å². The number of hydrogen-bond acceptors (Lipinski definition) is 7. The van der Waals surface area contributed by atoms with E-state index in [9.17, 15) is 18.0 Å². The first kappa shape index (κ1) is 19.9. The van der Waals surface area contributed by atoms with Crippen molar-refractivity contribution in [3.8, 4) is 0 Å². The van der Waals surface area contributed by atoms with Gasteiger partial charge in [-0.1, -0.05) is 12.1 Å². The first-order chi connectivity index (χ1) is 12.1. The van der Waals surface area contributed by atoms with Crippen LogP contribution in [-0.2, 0) is 19.5 Å². The fraction of sp³-hybridized carbons (Fsp3) is 0.294. The summed E-state index contributed by atoms with van der Waals surface area (Å²) in [4.78, 5) is 24.1. The standard InChI is InChI=1S/C17H19NO6S2/c1-9-7-6-8-12(10(9)2)18-26(21,22)17-13(15(19)23-4)11(3)14(25-17)16(20)24-5/h6-8,18H,1-5H3. The molecule has 7 nitrogen and oxygen atoms in total. The fourth-order valence-electron chi connectivity index (χ4n) is 2.35. The van der Waals surface area contributed by atoms with Crippen LogP contribution in [0.25, 0.3) is 0 Å². The summed E-state index contributed by atoms with van der Waals surface area (Å²) in [6, 6.07) is 5.21. The van der Waals surface area contributed by atoms with Crippen LogP contribution in [0, 0.1) is 20.8 Å². The predicted octanol–water partition coefficient (Wildman–Crippen LogP) is 3.05. The van der Waals surface area contributed by atoms with E-state index >= 15 is 0 Å². The molecule has 2 aromatic rings. The number of thiophene rings is 1. The second kappa shape index (κ2) is 7.46. The number of nitrogens with one attached hydrogen (secondary N) is 1. The van der Waals surface area contributed by atoms with Gasteiger partial charge in [0.15, 0.2) is 4.21 Å². The number of carbonyl (C=O) groups excluding carboxylic acids is 2. The number of esters is 2. The van der Waals surface area contributed by atoms with Gasteiger partial charge in [0.05, 0.1) is 25.5 Å². The number of sulfonamides is 1. The highest BCUT2D eigenvalue weighted by molar-refractivity contribution is 7.94. The maximum atomic E-state index is 12.9. The molecule has 0 aliphatic heterocycles. The first-order valence-corrected chi connectivity index (χ1v) is 9.83. The van der Waals surface area contributed by atoms with E-state index in [4.69, 9.17) is 4.74 Å². The summed E-state index contributed by atoms with van der Waals surface area (Å²) in [5.74, 6) is -1.55. The van der Waals surface area contributed by atoms with Crippen molar-refractivity contribution in [3.63, 3.8) is 0 Å². The largest absolute Gasteiger partial charge is 0.465 e. The van der Waals surface area contributed by atoms with E-state index in [0.717, 1.165) is 18.2 Å². The molecule has 0 aliphatic carbocycles. The maximum absolute atomic E-state index is 12.9. The normalized spacial score (nSPS) is 11.1. The number of aryl methyl sites for hydroxylation is 1. The SMILES string of the molecule is COC(=O)c1sc(S(=O)(=O)Nc2cccc(C)c2C)c(C(=O)OC)c1C. The fourth-order valence-corrected chi connectivity index (χ4v) is 5.22. The third kappa shape index (κ3) is 3.58. The zero-order chi connectivity index (χ0) is 19.6. The molecule has 26 heavy (non-hydrogen) atoms. The lowest BCUT2D eigenvalue weighted by Gasteiger charge is -2.12. The summed E-state index contributed by atoms with van der Waals surface area (Å²) in [6.45, 7) is 5.12. The molecule has 140 valence electrons. The lowest BCUT2D eigenvalue weighted by atomic mass is 10.1. The average Bonchev–Trinajstić information content (AvgIpc) is 2.95. The van der Waals surface area contributed by atoms with Gasteiger partial charge in [-0.05, 0) is 43.5 Å². The van der Waals surface area contributed by atoms with Crippen LogP contribution in [0.1, 0.15) is 36.7 Å². The third-order valence-electron chi connectivity index (χ3n) is 3.97. The molecular weight excluding hydrogens is 378 g/mol. The highest BCUT2D eigenvalue weighted by atomic mass is 32.2. The molecular formula is C17H19NO6S2. The van der Waals surface area contributed by atoms with E-state index in [1.54, 1.807) is 19.1 Å². The second-order valence-corrected chi connectivity index (χ2v) is 8.45. The van der Waals surface area contributed by atoms with E-state index in [1.165, 1.54) is 14.0 Å². The van der Waals surface area contributed by atoms with Crippen molar-refractivity contribution < 1.29 is 27.5 Å². The molecule has 9 heteroatoms. The molecule has 1 aromatic carbocycles. The Hall–Kier alpha value is -2.39. The van der Waals surface area contributed by atoms with Crippen molar-refractivity contribution in [2.24, 2.45) is 0 Å². The van der Waals surface area contributed by atoms with Crippen LogP contribution in [0.4, 0.5) is 5.69 Å². The van der Waals surface area contributed by atoms with Gasteiger partial charge in [-0.3, -0.25) is 4.72 Å². The molecule has 0 radical (unpaired) electrons. The van der Waals surface area contributed by atoms with E-state index in [0.29, 0.717) is 17.0 Å². The molecule has 0 atom stereocenters. The van der Waals surface area contributed by atoms with Crippen molar-refractivity contribution in [1.82, 2.24) is 0 Å². The molecule has 0 fully saturated rings. The Morgan fingerprint density at radius 2 is 1.62 bits per heavy atom. The van der Waals surface area contributed by atoms with Gasteiger partial charge in [0, 0.05) is 0 Å². The van der Waals surface area contributed by atoms with Gasteiger partial charge >= 0.3 is 11.9 Å². The summed E-state index contributed by atoms with van der Waals surface area (Å²) >= 11 is 0.673. The van der Waals surface area contributed by atoms with Gasteiger partial charge in [0.1, 0.15) is 4.88 Å². The Balaban J connectivity index is 2.63. The highest BCUT2D eigenvalue weighted by Gasteiger charge is 2.32. The Morgan fingerprint density at radius 1 is 1.00 bits per heavy atom. The Kier molecular flexibility index (Phi) is 5.72. The van der Waals surface area contributed by atoms with E-state index in [-0.39, 0.29) is 20.2 Å². The van der Waals surface area contributed by atoms with E-state index in [1.807, 2.05) is 13.0 Å². The maximum Gasteiger partial charge on any atom is 0.348 e. The Labute approximate surface area is 156 Å². The van der Waals surface area contributed by atoms with Crippen LogP contribution in [0.5, 0.6) is 0 Å². The summed E-state index contributed by atoms with van der Waals surface area (Å²) in [5.41, 5.74) is 2.10. The minimum Gasteiger partial charge on any atom is -0.465 e. The van der Waals surface area contributed by atoms with Crippen LogP contribution in [-0.4, -0.2) is 34.6 Å². The molecule has 0 spiro atoms. The monoisotopic (exact) mass is 397 g/mol. The summed E-state index contributed by atoms with van der Waals surface area (Å²) in [7, 11) is -1.79. The van der Waals surface area contributed by atoms with Crippen LogP contribution >= 0.6 is 11.3 Å². The number of benzene rings is 1. The van der Waals surface area contributed by atoms with Gasteiger partial charge < -0.3 is 9.47 Å². The molecule has 0 amide bonds. The van der Waals surface area contributed by atoms with Crippen LogP contribution in [0.15, 0.2) is 22.4 Å². The minimum atomic E-state index is -4.12. The van der Waals surface area contributed by atoms with Gasteiger partial charge in [0.25, 0.3) is 10.0 Å². The quantitative estimate of drug-likeness (QED) is 0.779. The molecule has 0 unspecified atom stereocenters. The summed E-state index contributed by atoms with van der Waals surface area (Å²) in [6.07, 6.45) is 0. The Morgan fingerprint density at radius 3 is 2.19 bits per heavy atom. The van der Waals surface area contributed by atoms with Crippen LogP contribution in [0.3, 0.4) is 0 Å². The second-order valence-electron chi connectivity index (χ2n) is 5.55. The van der Waals surface area contributed by atoms with Crippen molar-refractivity contribution in [2.75, 3.05) is 18.9 Å². The molecule has 1 N–H and O–H groups in total. The molecule has 0 aliphatic rings. The summed E-state index contributed by atoms with van der Waals surface area (Å²) < 4.78 is 37.4. The average molecular weight is 397 g/mol. The molecule has 0 bridgehead atoms. The predicted molar refractivity (Wildman–Crippen MR) is 98.5 cm³/mol. The number of rotatable bonds is 5. The van der Waals surface area contributed by atoms with E-state index < -0.39 is 22.0 Å². The highest BCUT2D eigenvalue weighted by Crippen LogP contribution is 2.34. The van der Waals surface area contributed by atoms with Gasteiger partial charge in [-0.25, -0.2) is 18.0 Å². The zero-order valence-corrected chi connectivity index (χ0v) is 16.6. The number of carbonyl (C=O) groups is 2.